The van der Waals surface area contributed by atoms with E-state index in [1.54, 1.807) is 6.92 Å². The summed E-state index contributed by atoms with van der Waals surface area (Å²) in [5, 5.41) is 0.128. The Morgan fingerprint density at radius 2 is 2.05 bits per heavy atom. The fraction of sp³-hybridized carbons (Fsp3) is 0.417. The molecule has 1 aromatic rings. The van der Waals surface area contributed by atoms with Gasteiger partial charge in [0.15, 0.2) is 0 Å². The Kier molecular flexibility index (Phi) is 5.65. The van der Waals surface area contributed by atoms with Crippen molar-refractivity contribution in [2.45, 2.75) is 19.7 Å². The number of carbonyl (C=O) groups is 1. The van der Waals surface area contributed by atoms with Gasteiger partial charge in [0.25, 0.3) is 0 Å². The molecule has 0 aliphatic heterocycles. The van der Waals surface area contributed by atoms with Gasteiger partial charge in [0.2, 0.25) is 0 Å². The molecule has 106 valence electrons. The molecule has 0 heterocycles. The molecule has 0 fully saturated rings. The van der Waals surface area contributed by atoms with Crippen molar-refractivity contribution in [2.24, 2.45) is 0 Å². The van der Waals surface area contributed by atoms with Gasteiger partial charge in [0.05, 0.1) is 11.9 Å². The van der Waals surface area contributed by atoms with Gasteiger partial charge < -0.3 is 9.47 Å². The normalized spacial score (nSPS) is 11.2. The first-order chi connectivity index (χ1) is 8.85. The SMILES string of the molecule is CCOc1ccc(OC(F)(F)F)cc1CC(=O)CBr. The van der Waals surface area contributed by atoms with E-state index in [4.69, 9.17) is 4.74 Å². The van der Waals surface area contributed by atoms with Crippen molar-refractivity contribution in [3.63, 3.8) is 0 Å². The van der Waals surface area contributed by atoms with Gasteiger partial charge in [0, 0.05) is 12.0 Å². The summed E-state index contributed by atoms with van der Waals surface area (Å²) in [6.45, 7) is 2.10. The highest BCUT2D eigenvalue weighted by atomic mass is 79.9. The molecule has 0 atom stereocenters. The second kappa shape index (κ2) is 6.79. The fourth-order valence-electron chi connectivity index (χ4n) is 1.45. The van der Waals surface area contributed by atoms with Gasteiger partial charge in [-0.25, -0.2) is 0 Å². The molecule has 0 amide bonds. The first kappa shape index (κ1) is 15.8. The Hall–Kier alpha value is -1.24. The largest absolute Gasteiger partial charge is 0.573 e. The number of carbonyl (C=O) groups excluding carboxylic acids is 1. The van der Waals surface area contributed by atoms with Gasteiger partial charge in [0.1, 0.15) is 17.3 Å². The van der Waals surface area contributed by atoms with Crippen molar-refractivity contribution in [2.75, 3.05) is 11.9 Å². The first-order valence-electron chi connectivity index (χ1n) is 5.45. The predicted molar refractivity (Wildman–Crippen MR) is 66.8 cm³/mol. The number of ether oxygens (including phenoxy) is 2. The van der Waals surface area contributed by atoms with Crippen LogP contribution in [-0.4, -0.2) is 24.1 Å². The highest BCUT2D eigenvalue weighted by Crippen LogP contribution is 2.29. The molecule has 0 bridgehead atoms. The predicted octanol–water partition coefficient (Wildman–Crippen LogP) is 3.49. The third-order valence-electron chi connectivity index (χ3n) is 2.10. The molecule has 0 N–H and O–H groups in total. The van der Waals surface area contributed by atoms with Gasteiger partial charge in [-0.05, 0) is 25.1 Å². The molecule has 1 aromatic carbocycles. The minimum Gasteiger partial charge on any atom is -0.494 e. The molecule has 0 aliphatic rings. The fourth-order valence-corrected chi connectivity index (χ4v) is 1.65. The van der Waals surface area contributed by atoms with Crippen molar-refractivity contribution in [1.82, 2.24) is 0 Å². The van der Waals surface area contributed by atoms with Crippen LogP contribution in [-0.2, 0) is 11.2 Å². The van der Waals surface area contributed by atoms with Crippen LogP contribution in [0.5, 0.6) is 11.5 Å². The number of ketones is 1. The maximum Gasteiger partial charge on any atom is 0.573 e. The quantitative estimate of drug-likeness (QED) is 0.743. The van der Waals surface area contributed by atoms with Crippen molar-refractivity contribution >= 4 is 21.7 Å². The van der Waals surface area contributed by atoms with E-state index in [0.29, 0.717) is 17.9 Å². The second-order valence-corrected chi connectivity index (χ2v) is 4.16. The molecular formula is C12H12BrF3O3. The molecule has 3 nitrogen and oxygen atoms in total. The number of Topliss-reactive ketones (excluding diaryl/α,β-unsaturated/α-hetero) is 1. The number of hydrogen-bond acceptors (Lipinski definition) is 3. The maximum atomic E-state index is 12.1. The van der Waals surface area contributed by atoms with E-state index in [2.05, 4.69) is 20.7 Å². The van der Waals surface area contributed by atoms with Crippen LogP contribution in [0.4, 0.5) is 13.2 Å². The van der Waals surface area contributed by atoms with Crippen LogP contribution in [0.2, 0.25) is 0 Å². The summed E-state index contributed by atoms with van der Waals surface area (Å²) in [4.78, 5) is 11.4. The molecule has 0 saturated heterocycles. The zero-order valence-electron chi connectivity index (χ0n) is 10.1. The van der Waals surface area contributed by atoms with Gasteiger partial charge in [-0.15, -0.1) is 13.2 Å². The minimum atomic E-state index is -4.76. The van der Waals surface area contributed by atoms with E-state index in [0.717, 1.165) is 6.07 Å². The van der Waals surface area contributed by atoms with E-state index < -0.39 is 6.36 Å². The maximum absolute atomic E-state index is 12.1. The standard InChI is InChI=1S/C12H12BrF3O3/c1-2-18-11-4-3-10(19-12(14,15)16)6-8(11)5-9(17)7-13/h3-4,6H,2,5,7H2,1H3. The summed E-state index contributed by atoms with van der Waals surface area (Å²) in [5.41, 5.74) is 0.369. The summed E-state index contributed by atoms with van der Waals surface area (Å²) < 4.78 is 45.4. The zero-order chi connectivity index (χ0) is 14.5. The smallest absolute Gasteiger partial charge is 0.494 e. The Bertz CT molecular complexity index is 446. The van der Waals surface area contributed by atoms with E-state index in [-0.39, 0.29) is 23.3 Å². The van der Waals surface area contributed by atoms with Crippen LogP contribution in [0.15, 0.2) is 18.2 Å². The average Bonchev–Trinajstić information content (AvgIpc) is 2.30. The number of hydrogen-bond donors (Lipinski definition) is 0. The lowest BCUT2D eigenvalue weighted by molar-refractivity contribution is -0.274. The van der Waals surface area contributed by atoms with Crippen LogP contribution < -0.4 is 9.47 Å². The number of benzene rings is 1. The number of halogens is 4. The molecule has 0 saturated carbocycles. The van der Waals surface area contributed by atoms with E-state index in [1.807, 2.05) is 0 Å². The van der Waals surface area contributed by atoms with Gasteiger partial charge in [-0.1, -0.05) is 15.9 Å². The van der Waals surface area contributed by atoms with Gasteiger partial charge in [-0.2, -0.15) is 0 Å². The summed E-state index contributed by atoms with van der Waals surface area (Å²) in [7, 11) is 0. The summed E-state index contributed by atoms with van der Waals surface area (Å²) in [5.74, 6) is -0.148. The molecular weight excluding hydrogens is 329 g/mol. The molecule has 0 spiro atoms. The van der Waals surface area contributed by atoms with Crippen LogP contribution in [0.25, 0.3) is 0 Å². The van der Waals surface area contributed by atoms with Crippen molar-refractivity contribution in [3.05, 3.63) is 23.8 Å². The molecule has 1 rings (SSSR count). The molecule has 0 radical (unpaired) electrons. The van der Waals surface area contributed by atoms with Crippen LogP contribution in [0.1, 0.15) is 12.5 Å². The zero-order valence-corrected chi connectivity index (χ0v) is 11.7. The molecule has 0 unspecified atom stereocenters. The number of rotatable bonds is 6. The second-order valence-electron chi connectivity index (χ2n) is 3.60. The van der Waals surface area contributed by atoms with E-state index >= 15 is 0 Å². The van der Waals surface area contributed by atoms with E-state index in [1.165, 1.54) is 12.1 Å². The number of alkyl halides is 4. The molecule has 0 aromatic heterocycles. The Morgan fingerprint density at radius 1 is 1.37 bits per heavy atom. The molecule has 0 aliphatic carbocycles. The van der Waals surface area contributed by atoms with Crippen molar-refractivity contribution in [1.29, 1.82) is 0 Å². The van der Waals surface area contributed by atoms with Crippen LogP contribution in [0.3, 0.4) is 0 Å². The lowest BCUT2D eigenvalue weighted by atomic mass is 10.1. The van der Waals surface area contributed by atoms with Gasteiger partial charge >= 0.3 is 6.36 Å². The lowest BCUT2D eigenvalue weighted by Crippen LogP contribution is -2.17. The topological polar surface area (TPSA) is 35.5 Å². The summed E-state index contributed by atoms with van der Waals surface area (Å²) in [6, 6.07) is 3.68. The Balaban J connectivity index is 3.00. The van der Waals surface area contributed by atoms with Gasteiger partial charge in [-0.3, -0.25) is 4.79 Å². The Morgan fingerprint density at radius 3 is 2.58 bits per heavy atom. The molecule has 7 heteroatoms. The third kappa shape index (κ3) is 5.50. The highest BCUT2D eigenvalue weighted by Gasteiger charge is 2.31. The Labute approximate surface area is 116 Å². The highest BCUT2D eigenvalue weighted by molar-refractivity contribution is 9.09. The van der Waals surface area contributed by atoms with Crippen LogP contribution in [0, 0.1) is 0 Å². The average molecular weight is 341 g/mol. The first-order valence-corrected chi connectivity index (χ1v) is 6.57. The monoisotopic (exact) mass is 340 g/mol. The van der Waals surface area contributed by atoms with Crippen LogP contribution >= 0.6 is 15.9 Å². The third-order valence-corrected chi connectivity index (χ3v) is 2.73. The summed E-state index contributed by atoms with van der Waals surface area (Å²) in [6.07, 6.45) is -4.78. The van der Waals surface area contributed by atoms with Crippen molar-refractivity contribution < 1.29 is 27.4 Å². The van der Waals surface area contributed by atoms with Crippen molar-refractivity contribution in [3.8, 4) is 11.5 Å². The minimum absolute atomic E-state index is 0.0182. The molecule has 19 heavy (non-hydrogen) atoms. The van der Waals surface area contributed by atoms with E-state index in [9.17, 15) is 18.0 Å². The lowest BCUT2D eigenvalue weighted by Gasteiger charge is -2.13. The summed E-state index contributed by atoms with van der Waals surface area (Å²) >= 11 is 3.00.